The van der Waals surface area contributed by atoms with Crippen molar-refractivity contribution in [1.29, 1.82) is 0 Å². The zero-order chi connectivity index (χ0) is 20.6. The van der Waals surface area contributed by atoms with Crippen LogP contribution in [0.25, 0.3) is 0 Å². The number of fused-ring (bicyclic) bond motifs is 2. The van der Waals surface area contributed by atoms with Gasteiger partial charge in [0.15, 0.2) is 0 Å². The molecule has 158 valence electrons. The van der Waals surface area contributed by atoms with E-state index in [0.29, 0.717) is 11.8 Å². The van der Waals surface area contributed by atoms with E-state index in [-0.39, 0.29) is 11.5 Å². The lowest BCUT2D eigenvalue weighted by Crippen LogP contribution is -2.52. The van der Waals surface area contributed by atoms with Gasteiger partial charge in [-0.3, -0.25) is 4.79 Å². The molecule has 2 unspecified atom stereocenters. The summed E-state index contributed by atoms with van der Waals surface area (Å²) in [6.45, 7) is 2.33. The van der Waals surface area contributed by atoms with Gasteiger partial charge >= 0.3 is 0 Å². The number of carbonyl (C=O) groups is 1. The van der Waals surface area contributed by atoms with Crippen molar-refractivity contribution in [2.45, 2.75) is 56.2 Å². The van der Waals surface area contributed by atoms with Crippen LogP contribution >= 0.6 is 0 Å². The number of alkyl halides is 1. The first-order chi connectivity index (χ1) is 14.7. The van der Waals surface area contributed by atoms with Gasteiger partial charge in [-0.25, -0.2) is 4.39 Å². The highest BCUT2D eigenvalue weighted by molar-refractivity contribution is 5.49. The van der Waals surface area contributed by atoms with Crippen molar-refractivity contribution in [2.75, 3.05) is 19.6 Å². The fraction of sp³-hybridized carbons (Fsp3) is 0.500. The minimum absolute atomic E-state index is 0.0485. The van der Waals surface area contributed by atoms with E-state index in [9.17, 15) is 9.18 Å². The van der Waals surface area contributed by atoms with Crippen LogP contribution in [0.1, 0.15) is 53.9 Å². The molecule has 4 atom stereocenters. The highest BCUT2D eigenvalue weighted by Crippen LogP contribution is 2.49. The average molecular weight is 407 g/mol. The molecule has 0 aromatic heterocycles. The molecule has 0 saturated carbocycles. The lowest BCUT2D eigenvalue weighted by Gasteiger charge is -2.48. The van der Waals surface area contributed by atoms with Crippen molar-refractivity contribution in [3.05, 3.63) is 70.8 Å². The lowest BCUT2D eigenvalue weighted by molar-refractivity contribution is -0.123. The van der Waals surface area contributed by atoms with Crippen LogP contribution in [0.2, 0.25) is 0 Å². The maximum atomic E-state index is 13.3. The Bertz CT molecular complexity index is 901. The summed E-state index contributed by atoms with van der Waals surface area (Å²) < 4.78 is 13.3. The summed E-state index contributed by atoms with van der Waals surface area (Å²) in [7, 11) is 0. The second kappa shape index (κ2) is 8.14. The highest BCUT2D eigenvalue weighted by Gasteiger charge is 2.51. The number of nitrogens with one attached hydrogen (secondary N) is 1. The number of amides is 1. The van der Waals surface area contributed by atoms with Gasteiger partial charge in [0.25, 0.3) is 0 Å². The van der Waals surface area contributed by atoms with Gasteiger partial charge in [0.2, 0.25) is 6.41 Å². The van der Waals surface area contributed by atoms with E-state index in [2.05, 4.69) is 52.7 Å². The fourth-order valence-corrected chi connectivity index (χ4v) is 6.57. The summed E-state index contributed by atoms with van der Waals surface area (Å²) in [5.74, 6) is 0.895. The van der Waals surface area contributed by atoms with Gasteiger partial charge in [-0.05, 0) is 60.3 Å². The second-order valence-corrected chi connectivity index (χ2v) is 9.41. The zero-order valence-electron chi connectivity index (χ0n) is 17.5. The first-order valence-electron chi connectivity index (χ1n) is 11.4. The van der Waals surface area contributed by atoms with Crippen LogP contribution in [0.4, 0.5) is 4.39 Å². The van der Waals surface area contributed by atoms with Crippen LogP contribution in [0.3, 0.4) is 0 Å². The number of nitrogens with zero attached hydrogens (tertiary/aromatic N) is 1. The molecule has 3 nitrogen and oxygen atoms in total. The SMILES string of the molecule is O=CN1CCC(c2ccccc2)CC1[C@@H]1CNC[C@]12CCCc1cc(CF)ccc12. The molecule has 0 radical (unpaired) electrons. The van der Waals surface area contributed by atoms with Crippen LogP contribution in [-0.4, -0.2) is 37.0 Å². The topological polar surface area (TPSA) is 32.3 Å². The Morgan fingerprint density at radius 2 is 2.07 bits per heavy atom. The van der Waals surface area contributed by atoms with Gasteiger partial charge in [-0.15, -0.1) is 0 Å². The number of benzene rings is 2. The van der Waals surface area contributed by atoms with Gasteiger partial charge in [-0.1, -0.05) is 48.5 Å². The van der Waals surface area contributed by atoms with Gasteiger partial charge in [0.05, 0.1) is 0 Å². The molecule has 2 aromatic carbocycles. The summed E-state index contributed by atoms with van der Waals surface area (Å²) in [5.41, 5.74) is 4.94. The van der Waals surface area contributed by atoms with Crippen molar-refractivity contribution < 1.29 is 9.18 Å². The van der Waals surface area contributed by atoms with Crippen molar-refractivity contribution >= 4 is 6.41 Å². The number of rotatable bonds is 4. The maximum Gasteiger partial charge on any atom is 0.209 e. The van der Waals surface area contributed by atoms with E-state index in [4.69, 9.17) is 0 Å². The molecular weight excluding hydrogens is 375 g/mol. The molecule has 3 aliphatic rings. The van der Waals surface area contributed by atoms with Crippen molar-refractivity contribution in [3.63, 3.8) is 0 Å². The van der Waals surface area contributed by atoms with Crippen LogP contribution < -0.4 is 5.32 Å². The Labute approximate surface area is 178 Å². The van der Waals surface area contributed by atoms with Crippen molar-refractivity contribution in [2.24, 2.45) is 5.92 Å². The van der Waals surface area contributed by atoms with Gasteiger partial charge in [-0.2, -0.15) is 0 Å². The normalized spacial score (nSPS) is 31.0. The smallest absolute Gasteiger partial charge is 0.209 e. The van der Waals surface area contributed by atoms with Crippen LogP contribution in [0.15, 0.2) is 48.5 Å². The molecule has 2 aromatic rings. The molecule has 2 saturated heterocycles. The number of hydrogen-bond acceptors (Lipinski definition) is 2. The predicted molar refractivity (Wildman–Crippen MR) is 117 cm³/mol. The molecule has 4 heteroatoms. The van der Waals surface area contributed by atoms with E-state index in [1.165, 1.54) is 16.7 Å². The minimum Gasteiger partial charge on any atom is -0.342 e. The Hall–Kier alpha value is -2.20. The third kappa shape index (κ3) is 3.26. The Morgan fingerprint density at radius 1 is 1.20 bits per heavy atom. The minimum atomic E-state index is -0.401. The van der Waals surface area contributed by atoms with E-state index in [1.807, 2.05) is 6.07 Å². The Balaban J connectivity index is 1.50. The van der Waals surface area contributed by atoms with Crippen LogP contribution in [0, 0.1) is 5.92 Å². The number of piperidine rings is 1. The molecule has 30 heavy (non-hydrogen) atoms. The summed E-state index contributed by atoms with van der Waals surface area (Å²) >= 11 is 0. The van der Waals surface area contributed by atoms with Gasteiger partial charge in [0.1, 0.15) is 6.67 Å². The molecule has 2 heterocycles. The molecular formula is C26H31FN2O. The largest absolute Gasteiger partial charge is 0.342 e. The average Bonchev–Trinajstić information content (AvgIpc) is 3.22. The predicted octanol–water partition coefficient (Wildman–Crippen LogP) is 4.35. The standard InChI is InChI=1S/C26H31FN2O/c27-15-19-8-9-23-22(13-19)7-4-11-26(23)17-28-16-24(26)25-14-21(10-12-29(25)18-30)20-5-2-1-3-6-20/h1-3,5-6,8-9,13,18,21,24-25,28H,4,7,10-12,14-17H2/t21?,24-,25?,26-/m0/s1. The summed E-state index contributed by atoms with van der Waals surface area (Å²) in [4.78, 5) is 14.1. The third-order valence-corrected chi connectivity index (χ3v) is 8.00. The van der Waals surface area contributed by atoms with Crippen molar-refractivity contribution in [1.82, 2.24) is 10.2 Å². The van der Waals surface area contributed by atoms with E-state index in [0.717, 1.165) is 63.7 Å². The Morgan fingerprint density at radius 3 is 2.87 bits per heavy atom. The van der Waals surface area contributed by atoms with E-state index < -0.39 is 6.67 Å². The van der Waals surface area contributed by atoms with Crippen molar-refractivity contribution in [3.8, 4) is 0 Å². The Kier molecular flexibility index (Phi) is 5.36. The summed E-state index contributed by atoms with van der Waals surface area (Å²) in [6, 6.07) is 17.2. The van der Waals surface area contributed by atoms with E-state index in [1.54, 1.807) is 0 Å². The molecule has 1 spiro atoms. The zero-order valence-corrected chi connectivity index (χ0v) is 17.5. The monoisotopic (exact) mass is 406 g/mol. The third-order valence-electron chi connectivity index (χ3n) is 8.00. The number of carbonyl (C=O) groups excluding carboxylic acids is 1. The number of halogens is 1. The maximum absolute atomic E-state index is 13.3. The first-order valence-corrected chi connectivity index (χ1v) is 11.4. The van der Waals surface area contributed by atoms with E-state index >= 15 is 0 Å². The fourth-order valence-electron chi connectivity index (χ4n) is 6.57. The quantitative estimate of drug-likeness (QED) is 0.766. The van der Waals surface area contributed by atoms with Gasteiger partial charge < -0.3 is 10.2 Å². The molecule has 2 aliphatic heterocycles. The first kappa shape index (κ1) is 19.7. The second-order valence-electron chi connectivity index (χ2n) is 9.41. The molecule has 0 bridgehead atoms. The van der Waals surface area contributed by atoms with Crippen LogP contribution in [0.5, 0.6) is 0 Å². The molecule has 2 fully saturated rings. The summed E-state index contributed by atoms with van der Waals surface area (Å²) in [5, 5.41) is 3.68. The number of hydrogen-bond donors (Lipinski definition) is 1. The summed E-state index contributed by atoms with van der Waals surface area (Å²) in [6.07, 6.45) is 6.44. The molecule has 1 amide bonds. The highest BCUT2D eigenvalue weighted by atomic mass is 19.1. The number of likely N-dealkylation sites (tertiary alicyclic amines) is 1. The molecule has 5 rings (SSSR count). The number of aryl methyl sites for hydroxylation is 1. The molecule has 1 N–H and O–H groups in total. The lowest BCUT2D eigenvalue weighted by atomic mass is 9.61. The van der Waals surface area contributed by atoms with Gasteiger partial charge in [0, 0.05) is 37.0 Å². The van der Waals surface area contributed by atoms with Crippen LogP contribution in [-0.2, 0) is 23.3 Å². The molecule has 1 aliphatic carbocycles.